The number of amides is 1. The van der Waals surface area contributed by atoms with Crippen LogP contribution in [0.4, 0.5) is 0 Å². The second-order valence-electron chi connectivity index (χ2n) is 3.99. The standard InChI is InChI=1S/C13H15NO5S/c15-11(8-20-9-4-2-1-3-5-9)14-10(13(18)19)6-7-12(16)17/h1-5,10H,6-8H2,(H,14,15)(H,16,17)(H,18,19). The second-order valence-corrected chi connectivity index (χ2v) is 5.04. The molecule has 0 saturated heterocycles. The molecule has 1 rings (SSSR count). The van der Waals surface area contributed by atoms with Crippen LogP contribution in [-0.2, 0) is 14.4 Å². The van der Waals surface area contributed by atoms with Gasteiger partial charge in [-0.3, -0.25) is 9.59 Å². The zero-order valence-corrected chi connectivity index (χ0v) is 11.4. The molecule has 1 aromatic carbocycles. The predicted molar refractivity (Wildman–Crippen MR) is 73.6 cm³/mol. The van der Waals surface area contributed by atoms with E-state index in [4.69, 9.17) is 10.2 Å². The Bertz CT molecular complexity index is 477. The summed E-state index contributed by atoms with van der Waals surface area (Å²) in [6.45, 7) is 0. The number of carboxylic acid groups (broad SMARTS) is 2. The third-order valence-corrected chi connectivity index (χ3v) is 3.41. The SMILES string of the molecule is O=C(O)CCC(NC(=O)CSc1ccccc1)C(=O)O. The molecule has 0 aliphatic heterocycles. The molecule has 0 spiro atoms. The molecule has 0 saturated carbocycles. The van der Waals surface area contributed by atoms with Crippen LogP contribution < -0.4 is 5.32 Å². The van der Waals surface area contributed by atoms with Gasteiger partial charge in [-0.1, -0.05) is 18.2 Å². The Morgan fingerprint density at radius 2 is 1.80 bits per heavy atom. The molecule has 1 aromatic rings. The molecule has 0 heterocycles. The minimum atomic E-state index is -1.23. The van der Waals surface area contributed by atoms with Gasteiger partial charge in [-0.05, 0) is 18.6 Å². The van der Waals surface area contributed by atoms with Gasteiger partial charge in [0.05, 0.1) is 5.75 Å². The molecule has 0 aliphatic rings. The number of carboxylic acids is 2. The van der Waals surface area contributed by atoms with Gasteiger partial charge in [-0.15, -0.1) is 11.8 Å². The molecule has 1 unspecified atom stereocenters. The van der Waals surface area contributed by atoms with Crippen molar-refractivity contribution >= 4 is 29.6 Å². The Balaban J connectivity index is 2.41. The van der Waals surface area contributed by atoms with Crippen molar-refractivity contribution in [2.75, 3.05) is 5.75 Å². The molecule has 0 radical (unpaired) electrons. The molecule has 6 nitrogen and oxygen atoms in total. The van der Waals surface area contributed by atoms with Crippen LogP contribution >= 0.6 is 11.8 Å². The van der Waals surface area contributed by atoms with E-state index < -0.39 is 23.9 Å². The second kappa shape index (κ2) is 8.21. The van der Waals surface area contributed by atoms with E-state index in [0.29, 0.717) is 0 Å². The molecule has 0 aromatic heterocycles. The summed E-state index contributed by atoms with van der Waals surface area (Å²) >= 11 is 1.29. The first kappa shape index (κ1) is 16.0. The van der Waals surface area contributed by atoms with Gasteiger partial charge >= 0.3 is 11.9 Å². The molecule has 7 heteroatoms. The minimum absolute atomic E-state index is 0.0842. The Labute approximate surface area is 120 Å². The quantitative estimate of drug-likeness (QED) is 0.623. The fourth-order valence-corrected chi connectivity index (χ4v) is 2.16. The van der Waals surface area contributed by atoms with Crippen LogP contribution in [-0.4, -0.2) is 39.9 Å². The number of hydrogen-bond donors (Lipinski definition) is 3. The van der Waals surface area contributed by atoms with Crippen molar-refractivity contribution in [3.05, 3.63) is 30.3 Å². The summed E-state index contributed by atoms with van der Waals surface area (Å²) in [7, 11) is 0. The van der Waals surface area contributed by atoms with Gasteiger partial charge in [0.25, 0.3) is 0 Å². The van der Waals surface area contributed by atoms with E-state index in [1.807, 2.05) is 30.3 Å². The lowest BCUT2D eigenvalue weighted by atomic mass is 10.1. The van der Waals surface area contributed by atoms with E-state index in [0.717, 1.165) is 4.90 Å². The predicted octanol–water partition coefficient (Wildman–Crippen LogP) is 1.21. The summed E-state index contributed by atoms with van der Waals surface area (Å²) in [5.41, 5.74) is 0. The molecular weight excluding hydrogens is 282 g/mol. The van der Waals surface area contributed by atoms with E-state index in [-0.39, 0.29) is 18.6 Å². The first-order valence-electron chi connectivity index (χ1n) is 5.91. The highest BCUT2D eigenvalue weighted by Crippen LogP contribution is 2.16. The maximum atomic E-state index is 11.6. The van der Waals surface area contributed by atoms with Crippen LogP contribution in [0.25, 0.3) is 0 Å². The highest BCUT2D eigenvalue weighted by atomic mass is 32.2. The fourth-order valence-electron chi connectivity index (χ4n) is 1.43. The van der Waals surface area contributed by atoms with Gasteiger partial charge in [0.2, 0.25) is 5.91 Å². The van der Waals surface area contributed by atoms with Crippen LogP contribution in [0.1, 0.15) is 12.8 Å². The Morgan fingerprint density at radius 3 is 2.35 bits per heavy atom. The monoisotopic (exact) mass is 297 g/mol. The molecule has 0 aliphatic carbocycles. The minimum Gasteiger partial charge on any atom is -0.481 e. The number of thioether (sulfide) groups is 1. The third kappa shape index (κ3) is 6.24. The Kier molecular flexibility index (Phi) is 6.58. The van der Waals surface area contributed by atoms with Gasteiger partial charge in [-0.25, -0.2) is 4.79 Å². The van der Waals surface area contributed by atoms with E-state index in [2.05, 4.69) is 5.32 Å². The summed E-state index contributed by atoms with van der Waals surface area (Å²) in [6, 6.07) is 8.06. The number of aliphatic carboxylic acids is 2. The van der Waals surface area contributed by atoms with E-state index >= 15 is 0 Å². The van der Waals surface area contributed by atoms with Gasteiger partial charge in [0, 0.05) is 11.3 Å². The lowest BCUT2D eigenvalue weighted by Crippen LogP contribution is -2.41. The summed E-state index contributed by atoms with van der Waals surface area (Å²) in [5.74, 6) is -2.67. The van der Waals surface area contributed by atoms with Gasteiger partial charge in [-0.2, -0.15) is 0 Å². The summed E-state index contributed by atoms with van der Waals surface area (Å²) in [5, 5.41) is 19.7. The molecule has 0 fully saturated rings. The molecule has 108 valence electrons. The zero-order chi connectivity index (χ0) is 15.0. The van der Waals surface area contributed by atoms with Crippen LogP contribution in [0.15, 0.2) is 35.2 Å². The number of carbonyl (C=O) groups is 3. The van der Waals surface area contributed by atoms with Gasteiger partial charge < -0.3 is 15.5 Å². The van der Waals surface area contributed by atoms with Crippen LogP contribution in [0.5, 0.6) is 0 Å². The first-order valence-corrected chi connectivity index (χ1v) is 6.89. The smallest absolute Gasteiger partial charge is 0.326 e. The van der Waals surface area contributed by atoms with Crippen molar-refractivity contribution in [3.8, 4) is 0 Å². The van der Waals surface area contributed by atoms with Gasteiger partial charge in [0.1, 0.15) is 6.04 Å². The number of benzene rings is 1. The van der Waals surface area contributed by atoms with E-state index in [1.54, 1.807) is 0 Å². The summed E-state index contributed by atoms with van der Waals surface area (Å²) < 4.78 is 0. The zero-order valence-electron chi connectivity index (χ0n) is 10.6. The fraction of sp³-hybridized carbons (Fsp3) is 0.308. The first-order chi connectivity index (χ1) is 9.49. The third-order valence-electron chi connectivity index (χ3n) is 2.39. The van der Waals surface area contributed by atoms with Crippen molar-refractivity contribution < 1.29 is 24.6 Å². The highest BCUT2D eigenvalue weighted by Gasteiger charge is 2.20. The van der Waals surface area contributed by atoms with Crippen molar-refractivity contribution in [3.63, 3.8) is 0 Å². The Hall–Kier alpha value is -2.02. The molecular formula is C13H15NO5S. The van der Waals surface area contributed by atoms with Crippen molar-refractivity contribution in [2.45, 2.75) is 23.8 Å². The Morgan fingerprint density at radius 1 is 1.15 bits per heavy atom. The molecule has 3 N–H and O–H groups in total. The molecule has 1 amide bonds. The van der Waals surface area contributed by atoms with Gasteiger partial charge in [0.15, 0.2) is 0 Å². The van der Waals surface area contributed by atoms with Crippen molar-refractivity contribution in [1.29, 1.82) is 0 Å². The van der Waals surface area contributed by atoms with Crippen molar-refractivity contribution in [2.24, 2.45) is 0 Å². The van der Waals surface area contributed by atoms with Crippen LogP contribution in [0.2, 0.25) is 0 Å². The molecule has 1 atom stereocenters. The van der Waals surface area contributed by atoms with Crippen LogP contribution in [0, 0.1) is 0 Å². The maximum absolute atomic E-state index is 11.6. The maximum Gasteiger partial charge on any atom is 0.326 e. The lowest BCUT2D eigenvalue weighted by Gasteiger charge is -2.13. The lowest BCUT2D eigenvalue weighted by molar-refractivity contribution is -0.142. The van der Waals surface area contributed by atoms with Crippen LogP contribution in [0.3, 0.4) is 0 Å². The largest absolute Gasteiger partial charge is 0.481 e. The number of nitrogens with one attached hydrogen (secondary N) is 1. The van der Waals surface area contributed by atoms with E-state index in [9.17, 15) is 14.4 Å². The number of rotatable bonds is 8. The number of carbonyl (C=O) groups excluding carboxylic acids is 1. The topological polar surface area (TPSA) is 104 Å². The average molecular weight is 297 g/mol. The van der Waals surface area contributed by atoms with Crippen molar-refractivity contribution in [1.82, 2.24) is 5.32 Å². The number of hydrogen-bond acceptors (Lipinski definition) is 4. The normalized spacial score (nSPS) is 11.6. The van der Waals surface area contributed by atoms with E-state index in [1.165, 1.54) is 11.8 Å². The summed E-state index contributed by atoms with van der Waals surface area (Å²) in [4.78, 5) is 33.9. The molecule has 20 heavy (non-hydrogen) atoms. The average Bonchev–Trinajstić information content (AvgIpc) is 2.41. The highest BCUT2D eigenvalue weighted by molar-refractivity contribution is 8.00. The summed E-state index contributed by atoms with van der Waals surface area (Å²) in [6.07, 6.45) is -0.435. The molecule has 0 bridgehead atoms.